The van der Waals surface area contributed by atoms with E-state index >= 15 is 0 Å². The number of rotatable bonds is 7. The zero-order valence-electron chi connectivity index (χ0n) is 13.9. The van der Waals surface area contributed by atoms with Gasteiger partial charge >= 0.3 is 6.03 Å². The minimum atomic E-state index is -4.41. The predicted molar refractivity (Wildman–Crippen MR) is 97.5 cm³/mol. The minimum Gasteiger partial charge on any atom is -0.478 e. The summed E-state index contributed by atoms with van der Waals surface area (Å²) < 4.78 is 31.8. The van der Waals surface area contributed by atoms with E-state index in [1.807, 2.05) is 0 Å². The first-order chi connectivity index (χ1) is 12.8. The van der Waals surface area contributed by atoms with E-state index in [0.29, 0.717) is 6.61 Å². The lowest BCUT2D eigenvalue weighted by Crippen LogP contribution is -2.36. The number of halogens is 2. The molecule has 0 aliphatic rings. The van der Waals surface area contributed by atoms with Crippen molar-refractivity contribution in [1.29, 1.82) is 0 Å². The summed E-state index contributed by atoms with van der Waals surface area (Å²) in [6.45, 7) is 2.03. The molecule has 1 unspecified atom stereocenters. The van der Waals surface area contributed by atoms with Gasteiger partial charge in [0.1, 0.15) is 5.15 Å². The molecule has 2 aromatic rings. The van der Waals surface area contributed by atoms with E-state index in [0.717, 1.165) is 0 Å². The molecule has 0 saturated heterocycles. The zero-order valence-corrected chi connectivity index (χ0v) is 16.2. The van der Waals surface area contributed by atoms with Crippen LogP contribution in [0.2, 0.25) is 5.15 Å². The number of aromatic nitrogens is 3. The molecule has 2 heterocycles. The van der Waals surface area contributed by atoms with Gasteiger partial charge in [-0.2, -0.15) is 13.4 Å². The van der Waals surface area contributed by atoms with Crippen LogP contribution in [0.4, 0.5) is 10.7 Å². The third kappa shape index (κ3) is 5.63. The van der Waals surface area contributed by atoms with Crippen molar-refractivity contribution in [2.45, 2.75) is 18.1 Å². The van der Waals surface area contributed by atoms with Crippen molar-refractivity contribution in [2.24, 2.45) is 0 Å². The fourth-order valence-corrected chi connectivity index (χ4v) is 3.38. The molecule has 2 amide bonds. The number of nitrogens with zero attached hydrogens (tertiary/aromatic N) is 3. The highest BCUT2D eigenvalue weighted by atomic mass is 35.5. The number of aliphatic hydroxyl groups is 1. The van der Waals surface area contributed by atoms with Crippen LogP contribution < -0.4 is 14.8 Å². The lowest BCUT2D eigenvalue weighted by molar-refractivity contribution is 0.198. The van der Waals surface area contributed by atoms with Gasteiger partial charge < -0.3 is 9.84 Å². The lowest BCUT2D eigenvalue weighted by Gasteiger charge is -2.13. The number of amides is 2. The molecule has 27 heavy (non-hydrogen) atoms. The zero-order chi connectivity index (χ0) is 20.0. The number of alkyl halides is 1. The van der Waals surface area contributed by atoms with Crippen LogP contribution in [0, 0.1) is 0 Å². The summed E-state index contributed by atoms with van der Waals surface area (Å²) in [7, 11) is -4.41. The molecule has 0 bridgehead atoms. The number of pyridine rings is 1. The van der Waals surface area contributed by atoms with E-state index in [2.05, 4.69) is 20.3 Å². The Labute approximate surface area is 165 Å². The SMILES string of the molecule is CCOc1cc(Cl)nc(NC(=O)NS(=O)(=O)c2ncccc2C(O)CCl)n1. The van der Waals surface area contributed by atoms with E-state index in [1.54, 1.807) is 11.6 Å². The molecule has 13 heteroatoms. The highest BCUT2D eigenvalue weighted by Crippen LogP contribution is 2.21. The van der Waals surface area contributed by atoms with E-state index in [4.69, 9.17) is 27.9 Å². The molecule has 2 aromatic heterocycles. The maximum atomic E-state index is 12.4. The van der Waals surface area contributed by atoms with Gasteiger partial charge in [-0.05, 0) is 13.0 Å². The molecule has 0 aliphatic heterocycles. The molecule has 0 aliphatic carbocycles. The average molecular weight is 436 g/mol. The first kappa shape index (κ1) is 21.1. The second-order valence-corrected chi connectivity index (χ2v) is 7.21. The van der Waals surface area contributed by atoms with Gasteiger partial charge in [0.25, 0.3) is 10.0 Å². The Kier molecular flexibility index (Phi) is 7.13. The molecule has 0 aromatic carbocycles. The van der Waals surface area contributed by atoms with E-state index in [9.17, 15) is 18.3 Å². The largest absolute Gasteiger partial charge is 0.478 e. The Morgan fingerprint density at radius 2 is 2.15 bits per heavy atom. The number of sulfonamides is 1. The lowest BCUT2D eigenvalue weighted by atomic mass is 10.2. The molecular formula is C14H15Cl2N5O5S. The molecule has 146 valence electrons. The number of hydrogen-bond acceptors (Lipinski definition) is 8. The molecule has 0 radical (unpaired) electrons. The first-order valence-corrected chi connectivity index (χ1v) is 9.86. The fraction of sp³-hybridized carbons (Fsp3) is 0.286. The summed E-state index contributed by atoms with van der Waals surface area (Å²) >= 11 is 11.4. The van der Waals surface area contributed by atoms with Crippen LogP contribution in [0.1, 0.15) is 18.6 Å². The van der Waals surface area contributed by atoms with Crippen LogP contribution in [0.15, 0.2) is 29.4 Å². The highest BCUT2D eigenvalue weighted by Gasteiger charge is 2.26. The third-order valence-electron chi connectivity index (χ3n) is 2.98. The van der Waals surface area contributed by atoms with Crippen molar-refractivity contribution >= 4 is 45.2 Å². The van der Waals surface area contributed by atoms with Crippen LogP contribution in [0.25, 0.3) is 0 Å². The van der Waals surface area contributed by atoms with Crippen molar-refractivity contribution in [3.63, 3.8) is 0 Å². The van der Waals surface area contributed by atoms with Gasteiger partial charge in [-0.25, -0.2) is 19.5 Å². The number of ether oxygens (including phenoxy) is 1. The van der Waals surface area contributed by atoms with E-state index in [1.165, 1.54) is 24.4 Å². The van der Waals surface area contributed by atoms with Crippen LogP contribution in [-0.2, 0) is 10.0 Å². The standard InChI is InChI=1S/C14H15Cl2N5O5S/c1-2-26-11-6-10(16)18-13(19-11)20-14(23)21-27(24,25)12-8(9(22)7-15)4-3-5-17-12/h3-6,9,22H,2,7H2,1H3,(H2,18,19,20,21,23). The molecule has 10 nitrogen and oxygen atoms in total. The Morgan fingerprint density at radius 3 is 2.81 bits per heavy atom. The molecule has 3 N–H and O–H groups in total. The summed E-state index contributed by atoms with van der Waals surface area (Å²) in [6, 6.07) is 2.94. The summed E-state index contributed by atoms with van der Waals surface area (Å²) in [5.41, 5.74) is -0.0505. The van der Waals surface area contributed by atoms with Crippen LogP contribution in [0.3, 0.4) is 0 Å². The van der Waals surface area contributed by atoms with Gasteiger partial charge in [-0.15, -0.1) is 11.6 Å². The van der Waals surface area contributed by atoms with Gasteiger partial charge in [0.05, 0.1) is 18.6 Å². The van der Waals surface area contributed by atoms with Crippen LogP contribution in [0.5, 0.6) is 5.88 Å². The number of hydrogen-bond donors (Lipinski definition) is 3. The predicted octanol–water partition coefficient (Wildman–Crippen LogP) is 1.71. The first-order valence-electron chi connectivity index (χ1n) is 7.47. The maximum Gasteiger partial charge on any atom is 0.335 e. The molecule has 0 spiro atoms. The smallest absolute Gasteiger partial charge is 0.335 e. The number of aliphatic hydroxyl groups excluding tert-OH is 1. The van der Waals surface area contributed by atoms with Crippen molar-refractivity contribution in [3.8, 4) is 5.88 Å². The quantitative estimate of drug-likeness (QED) is 0.440. The van der Waals surface area contributed by atoms with Crippen LogP contribution >= 0.6 is 23.2 Å². The molecule has 0 fully saturated rings. The van der Waals surface area contributed by atoms with E-state index in [-0.39, 0.29) is 28.4 Å². The Balaban J connectivity index is 2.21. The number of anilines is 1. The summed E-state index contributed by atoms with van der Waals surface area (Å²) in [5.74, 6) is -0.412. The number of nitrogens with one attached hydrogen (secondary N) is 2. The Morgan fingerprint density at radius 1 is 1.41 bits per heavy atom. The highest BCUT2D eigenvalue weighted by molar-refractivity contribution is 7.90. The van der Waals surface area contributed by atoms with Gasteiger partial charge in [-0.1, -0.05) is 17.7 Å². The molecule has 0 saturated carbocycles. The minimum absolute atomic E-state index is 0.0103. The van der Waals surface area contributed by atoms with Crippen molar-refractivity contribution in [2.75, 3.05) is 17.8 Å². The second kappa shape index (κ2) is 9.13. The summed E-state index contributed by atoms with van der Waals surface area (Å²) in [6.07, 6.45) is -0.0780. The van der Waals surface area contributed by atoms with E-state index < -0.39 is 27.2 Å². The maximum absolute atomic E-state index is 12.4. The second-order valence-electron chi connectivity index (χ2n) is 4.91. The normalized spacial score (nSPS) is 12.3. The molecule has 1 atom stereocenters. The number of urea groups is 1. The topological polar surface area (TPSA) is 143 Å². The number of carbonyl (C=O) groups excluding carboxylic acids is 1. The summed E-state index contributed by atoms with van der Waals surface area (Å²) in [5, 5.41) is 11.4. The Bertz CT molecular complexity index is 928. The van der Waals surface area contributed by atoms with Crippen molar-refractivity contribution in [3.05, 3.63) is 35.1 Å². The van der Waals surface area contributed by atoms with Crippen LogP contribution in [-0.4, -0.2) is 47.0 Å². The van der Waals surface area contributed by atoms with Gasteiger partial charge in [-0.3, -0.25) is 5.32 Å². The Hall–Kier alpha value is -2.21. The van der Waals surface area contributed by atoms with Crippen molar-refractivity contribution in [1.82, 2.24) is 19.7 Å². The third-order valence-corrected chi connectivity index (χ3v) is 4.77. The summed E-state index contributed by atoms with van der Waals surface area (Å²) in [4.78, 5) is 23.4. The van der Waals surface area contributed by atoms with Gasteiger partial charge in [0.2, 0.25) is 11.8 Å². The molecule has 2 rings (SSSR count). The monoisotopic (exact) mass is 435 g/mol. The fourth-order valence-electron chi connectivity index (χ4n) is 1.94. The average Bonchev–Trinajstić information content (AvgIpc) is 2.60. The van der Waals surface area contributed by atoms with Crippen molar-refractivity contribution < 1.29 is 23.1 Å². The van der Waals surface area contributed by atoms with Gasteiger partial charge in [0, 0.05) is 17.8 Å². The number of carbonyl (C=O) groups is 1. The van der Waals surface area contributed by atoms with Gasteiger partial charge in [0.15, 0.2) is 5.03 Å². The molecular weight excluding hydrogens is 421 g/mol.